The second-order valence-corrected chi connectivity index (χ2v) is 9.10. The summed E-state index contributed by atoms with van der Waals surface area (Å²) in [7, 11) is -3.51. The molecule has 1 saturated heterocycles. The summed E-state index contributed by atoms with van der Waals surface area (Å²) < 4.78 is 28.0. The zero-order valence-corrected chi connectivity index (χ0v) is 17.1. The number of hydrogen-bond acceptors (Lipinski definition) is 4. The highest BCUT2D eigenvalue weighted by Gasteiger charge is 2.31. The van der Waals surface area contributed by atoms with Crippen LogP contribution in [0.2, 0.25) is 0 Å². The minimum atomic E-state index is -3.51. The van der Waals surface area contributed by atoms with Crippen molar-refractivity contribution >= 4 is 21.5 Å². The van der Waals surface area contributed by atoms with E-state index in [9.17, 15) is 13.2 Å². The van der Waals surface area contributed by atoms with Gasteiger partial charge in [0.2, 0.25) is 10.0 Å². The molecular weight excluding hydrogens is 360 g/mol. The minimum absolute atomic E-state index is 0.0309. The predicted octanol–water partition coefficient (Wildman–Crippen LogP) is 3.33. The van der Waals surface area contributed by atoms with Gasteiger partial charge in [-0.15, -0.1) is 0 Å². The Kier molecular flexibility index (Phi) is 5.40. The van der Waals surface area contributed by atoms with Crippen LogP contribution in [0.15, 0.2) is 41.3 Å². The van der Waals surface area contributed by atoms with Crippen LogP contribution in [0.4, 0.5) is 5.69 Å². The molecule has 1 heterocycles. The molecule has 1 aliphatic heterocycles. The molecule has 0 unspecified atom stereocenters. The van der Waals surface area contributed by atoms with Crippen LogP contribution < -0.4 is 4.90 Å². The number of piperazine rings is 1. The summed E-state index contributed by atoms with van der Waals surface area (Å²) in [4.78, 5) is 14.2. The molecule has 0 N–H and O–H groups in total. The zero-order valence-electron chi connectivity index (χ0n) is 16.3. The van der Waals surface area contributed by atoms with Crippen LogP contribution in [-0.4, -0.2) is 44.7 Å². The molecule has 0 radical (unpaired) electrons. The summed E-state index contributed by atoms with van der Waals surface area (Å²) in [5.41, 5.74) is 4.29. The van der Waals surface area contributed by atoms with Crippen molar-refractivity contribution in [3.63, 3.8) is 0 Å². The van der Waals surface area contributed by atoms with Crippen molar-refractivity contribution in [3.8, 4) is 0 Å². The number of carbonyl (C=O) groups is 1. The first-order valence-electron chi connectivity index (χ1n) is 9.14. The van der Waals surface area contributed by atoms with E-state index in [2.05, 4.69) is 4.90 Å². The van der Waals surface area contributed by atoms with E-state index >= 15 is 0 Å². The van der Waals surface area contributed by atoms with Gasteiger partial charge in [0.25, 0.3) is 0 Å². The molecule has 1 fully saturated rings. The van der Waals surface area contributed by atoms with Crippen LogP contribution >= 0.6 is 0 Å². The van der Waals surface area contributed by atoms with E-state index in [1.165, 1.54) is 0 Å². The summed E-state index contributed by atoms with van der Waals surface area (Å²) in [6, 6.07) is 11.3. The molecule has 5 nitrogen and oxygen atoms in total. The van der Waals surface area contributed by atoms with Crippen molar-refractivity contribution in [2.75, 3.05) is 31.1 Å². The Bertz CT molecular complexity index is 952. The van der Waals surface area contributed by atoms with Crippen LogP contribution in [0.5, 0.6) is 0 Å². The quantitative estimate of drug-likeness (QED) is 0.757. The lowest BCUT2D eigenvalue weighted by atomic mass is 10.1. The highest BCUT2D eigenvalue weighted by molar-refractivity contribution is 7.89. The lowest BCUT2D eigenvalue weighted by Gasteiger charge is -2.36. The molecule has 0 aromatic heterocycles. The first kappa shape index (κ1) is 19.6. The third kappa shape index (κ3) is 3.92. The molecule has 27 heavy (non-hydrogen) atoms. The molecular formula is C21H26N2O3S. The predicted molar refractivity (Wildman–Crippen MR) is 108 cm³/mol. The van der Waals surface area contributed by atoms with Gasteiger partial charge in [-0.25, -0.2) is 8.42 Å². The van der Waals surface area contributed by atoms with E-state index in [4.69, 9.17) is 0 Å². The zero-order chi connectivity index (χ0) is 19.8. The number of nitrogens with zero attached hydrogens (tertiary/aromatic N) is 2. The van der Waals surface area contributed by atoms with Gasteiger partial charge in [-0.05, 0) is 51.0 Å². The minimum Gasteiger partial charge on any atom is -0.369 e. The smallest absolute Gasteiger partial charge is 0.243 e. The van der Waals surface area contributed by atoms with Crippen molar-refractivity contribution in [2.24, 2.45) is 0 Å². The summed E-state index contributed by atoms with van der Waals surface area (Å²) in [5.74, 6) is 0.0309. The van der Waals surface area contributed by atoms with Crippen molar-refractivity contribution in [1.82, 2.24) is 4.31 Å². The van der Waals surface area contributed by atoms with Gasteiger partial charge in [-0.3, -0.25) is 4.79 Å². The Hall–Kier alpha value is -2.18. The monoisotopic (exact) mass is 386 g/mol. The second kappa shape index (κ2) is 7.44. The number of carbonyl (C=O) groups excluding carboxylic acids is 1. The molecule has 0 atom stereocenters. The topological polar surface area (TPSA) is 57.7 Å². The van der Waals surface area contributed by atoms with Gasteiger partial charge in [0.05, 0.1) is 4.90 Å². The maximum Gasteiger partial charge on any atom is 0.243 e. The first-order valence-corrected chi connectivity index (χ1v) is 10.6. The Balaban J connectivity index is 1.79. The third-order valence-electron chi connectivity index (χ3n) is 5.06. The molecule has 3 rings (SSSR count). The Morgan fingerprint density at radius 1 is 0.926 bits per heavy atom. The first-order chi connectivity index (χ1) is 12.7. The molecule has 144 valence electrons. The van der Waals surface area contributed by atoms with Gasteiger partial charge < -0.3 is 4.90 Å². The summed E-state index contributed by atoms with van der Waals surface area (Å²) in [5, 5.41) is 0. The molecule has 0 aliphatic carbocycles. The van der Waals surface area contributed by atoms with E-state index in [-0.39, 0.29) is 5.78 Å². The van der Waals surface area contributed by atoms with Crippen LogP contribution in [0, 0.1) is 20.8 Å². The largest absolute Gasteiger partial charge is 0.369 e. The fourth-order valence-corrected chi connectivity index (χ4v) is 5.64. The van der Waals surface area contributed by atoms with E-state index in [0.29, 0.717) is 36.6 Å². The van der Waals surface area contributed by atoms with Crippen LogP contribution in [0.1, 0.15) is 34.0 Å². The maximum atomic E-state index is 13.2. The molecule has 6 heteroatoms. The van der Waals surface area contributed by atoms with Crippen molar-refractivity contribution in [1.29, 1.82) is 0 Å². The highest BCUT2D eigenvalue weighted by Crippen LogP contribution is 2.27. The lowest BCUT2D eigenvalue weighted by molar-refractivity contribution is 0.101. The molecule has 0 bridgehead atoms. The van der Waals surface area contributed by atoms with Gasteiger partial charge in [0, 0.05) is 37.4 Å². The lowest BCUT2D eigenvalue weighted by Crippen LogP contribution is -2.49. The van der Waals surface area contributed by atoms with Gasteiger partial charge >= 0.3 is 0 Å². The number of sulfonamides is 1. The van der Waals surface area contributed by atoms with Crippen LogP contribution in [-0.2, 0) is 10.0 Å². The SMILES string of the molecule is CC(=O)c1cccc(N2CCN(S(=O)(=O)c3c(C)cc(C)cc3C)CC2)c1. The van der Waals surface area contributed by atoms with E-state index < -0.39 is 10.0 Å². The van der Waals surface area contributed by atoms with E-state index in [1.807, 2.05) is 51.1 Å². The molecule has 2 aromatic carbocycles. The number of Topliss-reactive ketones (excluding diaryl/α,β-unsaturated/α-hetero) is 1. The van der Waals surface area contributed by atoms with Gasteiger partial charge in [-0.1, -0.05) is 29.8 Å². The van der Waals surface area contributed by atoms with Crippen LogP contribution in [0.25, 0.3) is 0 Å². The van der Waals surface area contributed by atoms with E-state index in [0.717, 1.165) is 22.4 Å². The summed E-state index contributed by atoms with van der Waals surface area (Å²) in [6.07, 6.45) is 0. The average Bonchev–Trinajstić information content (AvgIpc) is 2.61. The Labute approximate surface area is 161 Å². The Morgan fingerprint density at radius 3 is 2.07 bits per heavy atom. The summed E-state index contributed by atoms with van der Waals surface area (Å²) in [6.45, 7) is 9.31. The maximum absolute atomic E-state index is 13.2. The number of anilines is 1. The molecule has 0 saturated carbocycles. The Morgan fingerprint density at radius 2 is 1.52 bits per heavy atom. The highest BCUT2D eigenvalue weighted by atomic mass is 32.2. The van der Waals surface area contributed by atoms with Crippen molar-refractivity contribution < 1.29 is 13.2 Å². The fourth-order valence-electron chi connectivity index (χ4n) is 3.81. The fraction of sp³-hybridized carbons (Fsp3) is 0.381. The standard InChI is InChI=1S/C21H26N2O3S/c1-15-12-16(2)21(17(3)13-15)27(25,26)23-10-8-22(9-11-23)20-7-5-6-19(14-20)18(4)24/h5-7,12-14H,8-11H2,1-4H3. The normalized spacial score (nSPS) is 15.8. The molecule has 1 aliphatic rings. The van der Waals surface area contributed by atoms with Crippen molar-refractivity contribution in [3.05, 3.63) is 58.7 Å². The van der Waals surface area contributed by atoms with Gasteiger partial charge in [-0.2, -0.15) is 4.31 Å². The van der Waals surface area contributed by atoms with Crippen LogP contribution in [0.3, 0.4) is 0 Å². The van der Waals surface area contributed by atoms with Gasteiger partial charge in [0.1, 0.15) is 0 Å². The number of benzene rings is 2. The average molecular weight is 387 g/mol. The van der Waals surface area contributed by atoms with Gasteiger partial charge in [0.15, 0.2) is 5.78 Å². The van der Waals surface area contributed by atoms with Crippen molar-refractivity contribution in [2.45, 2.75) is 32.6 Å². The number of ketones is 1. The summed E-state index contributed by atoms with van der Waals surface area (Å²) >= 11 is 0. The van der Waals surface area contributed by atoms with E-state index in [1.54, 1.807) is 17.3 Å². The molecule has 2 aromatic rings. The molecule has 0 spiro atoms. The second-order valence-electron chi connectivity index (χ2n) is 7.23. The third-order valence-corrected chi connectivity index (χ3v) is 7.26. The number of aryl methyl sites for hydroxylation is 3. The number of rotatable bonds is 4. The number of hydrogen-bond donors (Lipinski definition) is 0. The molecule has 0 amide bonds.